The molecule has 2 aromatic carbocycles. The van der Waals surface area contributed by atoms with E-state index in [-0.39, 0.29) is 17.7 Å². The zero-order valence-electron chi connectivity index (χ0n) is 18.3. The highest BCUT2D eigenvalue weighted by molar-refractivity contribution is 6.30. The van der Waals surface area contributed by atoms with Gasteiger partial charge in [0.15, 0.2) is 0 Å². The van der Waals surface area contributed by atoms with E-state index in [4.69, 9.17) is 16.3 Å². The Kier molecular flexibility index (Phi) is 7.80. The highest BCUT2D eigenvalue weighted by atomic mass is 35.5. The van der Waals surface area contributed by atoms with Gasteiger partial charge in [-0.05, 0) is 60.9 Å². The molecule has 0 aromatic heterocycles. The van der Waals surface area contributed by atoms with Crippen molar-refractivity contribution in [3.63, 3.8) is 0 Å². The molecular formula is C24H30ClN3O3. The fourth-order valence-electron chi connectivity index (χ4n) is 3.73. The summed E-state index contributed by atoms with van der Waals surface area (Å²) in [7, 11) is 1.65. The highest BCUT2D eigenvalue weighted by Gasteiger charge is 2.29. The van der Waals surface area contributed by atoms with Gasteiger partial charge in [-0.3, -0.25) is 9.59 Å². The van der Waals surface area contributed by atoms with E-state index in [2.05, 4.69) is 24.1 Å². The van der Waals surface area contributed by atoms with Crippen molar-refractivity contribution in [3.8, 4) is 5.75 Å². The van der Waals surface area contributed by atoms with Crippen molar-refractivity contribution >= 4 is 29.1 Å². The third-order valence-corrected chi connectivity index (χ3v) is 5.70. The van der Waals surface area contributed by atoms with Gasteiger partial charge in [0.1, 0.15) is 11.8 Å². The maximum absolute atomic E-state index is 13.2. The van der Waals surface area contributed by atoms with E-state index < -0.39 is 6.04 Å². The lowest BCUT2D eigenvalue weighted by Crippen LogP contribution is -2.55. The van der Waals surface area contributed by atoms with E-state index in [9.17, 15) is 9.59 Å². The first-order valence-electron chi connectivity index (χ1n) is 10.6. The summed E-state index contributed by atoms with van der Waals surface area (Å²) in [5, 5.41) is 3.51. The van der Waals surface area contributed by atoms with Crippen LogP contribution in [0.1, 0.15) is 30.6 Å². The zero-order chi connectivity index (χ0) is 22.4. The number of carbonyl (C=O) groups is 2. The predicted molar refractivity (Wildman–Crippen MR) is 124 cm³/mol. The molecule has 2 amide bonds. The van der Waals surface area contributed by atoms with Gasteiger partial charge in [-0.25, -0.2) is 0 Å². The first-order valence-corrected chi connectivity index (χ1v) is 11.0. The molecule has 2 aromatic rings. The quantitative estimate of drug-likeness (QED) is 0.706. The van der Waals surface area contributed by atoms with Crippen molar-refractivity contribution in [1.29, 1.82) is 0 Å². The van der Waals surface area contributed by atoms with E-state index in [0.717, 1.165) is 24.5 Å². The minimum absolute atomic E-state index is 0.0228. The van der Waals surface area contributed by atoms with Crippen LogP contribution in [-0.2, 0) is 4.79 Å². The van der Waals surface area contributed by atoms with Crippen molar-refractivity contribution in [2.45, 2.75) is 26.3 Å². The molecule has 166 valence electrons. The average Bonchev–Trinajstić information content (AvgIpc) is 2.78. The fraction of sp³-hybridized carbons (Fsp3) is 0.417. The van der Waals surface area contributed by atoms with Crippen LogP contribution in [0.5, 0.6) is 5.75 Å². The Morgan fingerprint density at radius 2 is 1.61 bits per heavy atom. The Morgan fingerprint density at radius 3 is 2.16 bits per heavy atom. The Bertz CT molecular complexity index is 876. The number of nitrogens with zero attached hydrogens (tertiary/aromatic N) is 2. The molecule has 0 radical (unpaired) electrons. The minimum atomic E-state index is -0.546. The smallest absolute Gasteiger partial charge is 0.251 e. The second kappa shape index (κ2) is 10.5. The van der Waals surface area contributed by atoms with E-state index in [1.807, 2.05) is 29.2 Å². The standard InChI is InChI=1S/C24H30ClN3O3/c1-17(2)16-22(26-23(29)18-4-6-19(25)7-5-18)24(30)28-14-12-27(13-15-28)20-8-10-21(31-3)11-9-20/h4-11,17,22H,12-16H2,1-3H3,(H,26,29). The van der Waals surface area contributed by atoms with Gasteiger partial charge in [0.2, 0.25) is 5.91 Å². The summed E-state index contributed by atoms with van der Waals surface area (Å²) in [6.45, 7) is 6.84. The molecule has 1 saturated heterocycles. The van der Waals surface area contributed by atoms with Gasteiger partial charge in [0.05, 0.1) is 7.11 Å². The number of hydrogen-bond acceptors (Lipinski definition) is 4. The first-order chi connectivity index (χ1) is 14.9. The number of amides is 2. The SMILES string of the molecule is COc1ccc(N2CCN(C(=O)C(CC(C)C)NC(=O)c3ccc(Cl)cc3)CC2)cc1. The molecule has 1 N–H and O–H groups in total. The number of ether oxygens (including phenoxy) is 1. The van der Waals surface area contributed by atoms with Crippen LogP contribution in [0.25, 0.3) is 0 Å². The summed E-state index contributed by atoms with van der Waals surface area (Å²) in [4.78, 5) is 30.0. The van der Waals surface area contributed by atoms with E-state index >= 15 is 0 Å². The molecule has 1 heterocycles. The number of rotatable bonds is 7. The maximum Gasteiger partial charge on any atom is 0.251 e. The van der Waals surface area contributed by atoms with Crippen LogP contribution >= 0.6 is 11.6 Å². The number of methoxy groups -OCH3 is 1. The average molecular weight is 444 g/mol. The number of halogens is 1. The third-order valence-electron chi connectivity index (χ3n) is 5.45. The third kappa shape index (κ3) is 6.14. The summed E-state index contributed by atoms with van der Waals surface area (Å²) in [5.74, 6) is 0.823. The molecule has 1 atom stereocenters. The molecule has 0 aliphatic carbocycles. The topological polar surface area (TPSA) is 61.9 Å². The van der Waals surface area contributed by atoms with Crippen molar-refractivity contribution in [1.82, 2.24) is 10.2 Å². The number of anilines is 1. The first kappa shape index (κ1) is 22.9. The molecule has 1 fully saturated rings. The number of carbonyl (C=O) groups excluding carboxylic acids is 2. The van der Waals surface area contributed by atoms with Crippen molar-refractivity contribution in [3.05, 3.63) is 59.1 Å². The van der Waals surface area contributed by atoms with Gasteiger partial charge in [-0.2, -0.15) is 0 Å². The Balaban J connectivity index is 1.62. The maximum atomic E-state index is 13.2. The van der Waals surface area contributed by atoms with E-state index in [1.54, 1.807) is 31.4 Å². The summed E-state index contributed by atoms with van der Waals surface area (Å²) >= 11 is 5.91. The van der Waals surface area contributed by atoms with Gasteiger partial charge < -0.3 is 19.9 Å². The molecule has 1 aliphatic rings. The Labute approximate surface area is 189 Å². The largest absolute Gasteiger partial charge is 0.497 e. The van der Waals surface area contributed by atoms with Crippen LogP contribution in [0, 0.1) is 5.92 Å². The molecule has 3 rings (SSSR count). The van der Waals surface area contributed by atoms with Gasteiger partial charge >= 0.3 is 0 Å². The molecule has 1 unspecified atom stereocenters. The van der Waals surface area contributed by atoms with Crippen LogP contribution in [0.2, 0.25) is 5.02 Å². The lowest BCUT2D eigenvalue weighted by atomic mass is 10.0. The summed E-state index contributed by atoms with van der Waals surface area (Å²) in [5.41, 5.74) is 1.61. The van der Waals surface area contributed by atoms with Crippen LogP contribution in [0.4, 0.5) is 5.69 Å². The van der Waals surface area contributed by atoms with Gasteiger partial charge in [-0.15, -0.1) is 0 Å². The minimum Gasteiger partial charge on any atom is -0.497 e. The molecule has 0 bridgehead atoms. The second-order valence-corrected chi connectivity index (χ2v) is 8.61. The Hall–Kier alpha value is -2.73. The van der Waals surface area contributed by atoms with E-state index in [0.29, 0.717) is 30.1 Å². The molecule has 0 saturated carbocycles. The number of benzene rings is 2. The van der Waals surface area contributed by atoms with Crippen molar-refractivity contribution < 1.29 is 14.3 Å². The highest BCUT2D eigenvalue weighted by Crippen LogP contribution is 2.21. The zero-order valence-corrected chi connectivity index (χ0v) is 19.1. The normalized spacial score (nSPS) is 15.0. The number of hydrogen-bond donors (Lipinski definition) is 1. The predicted octanol–water partition coefficient (Wildman–Crippen LogP) is 3.84. The lowest BCUT2D eigenvalue weighted by molar-refractivity contribution is -0.134. The van der Waals surface area contributed by atoms with Crippen LogP contribution in [0.15, 0.2) is 48.5 Å². The lowest BCUT2D eigenvalue weighted by Gasteiger charge is -2.38. The monoisotopic (exact) mass is 443 g/mol. The molecule has 1 aliphatic heterocycles. The van der Waals surface area contributed by atoms with Crippen LogP contribution < -0.4 is 15.0 Å². The second-order valence-electron chi connectivity index (χ2n) is 8.17. The molecule has 7 heteroatoms. The van der Waals surface area contributed by atoms with Crippen LogP contribution in [-0.4, -0.2) is 56.0 Å². The summed E-state index contributed by atoms with van der Waals surface area (Å²) in [6.07, 6.45) is 0.594. The summed E-state index contributed by atoms with van der Waals surface area (Å²) in [6, 6.07) is 14.1. The molecule has 6 nitrogen and oxygen atoms in total. The molecule has 0 spiro atoms. The van der Waals surface area contributed by atoms with Crippen molar-refractivity contribution in [2.75, 3.05) is 38.2 Å². The Morgan fingerprint density at radius 1 is 1.00 bits per heavy atom. The number of nitrogens with one attached hydrogen (secondary N) is 1. The number of piperazine rings is 1. The summed E-state index contributed by atoms with van der Waals surface area (Å²) < 4.78 is 5.22. The fourth-order valence-corrected chi connectivity index (χ4v) is 3.86. The van der Waals surface area contributed by atoms with Crippen molar-refractivity contribution in [2.24, 2.45) is 5.92 Å². The van der Waals surface area contributed by atoms with Gasteiger partial charge in [0, 0.05) is 42.5 Å². The van der Waals surface area contributed by atoms with E-state index in [1.165, 1.54) is 0 Å². The van der Waals surface area contributed by atoms with Gasteiger partial charge in [-0.1, -0.05) is 25.4 Å². The van der Waals surface area contributed by atoms with Gasteiger partial charge in [0.25, 0.3) is 5.91 Å². The molecule has 31 heavy (non-hydrogen) atoms. The molecular weight excluding hydrogens is 414 g/mol. The van der Waals surface area contributed by atoms with Crippen LogP contribution in [0.3, 0.4) is 0 Å².